The smallest absolute Gasteiger partial charge is 0.243 e. The summed E-state index contributed by atoms with van der Waals surface area (Å²) in [7, 11) is 0. The molecule has 0 spiro atoms. The van der Waals surface area contributed by atoms with Crippen molar-refractivity contribution in [1.82, 2.24) is 20.9 Å². The van der Waals surface area contributed by atoms with Crippen LogP contribution in [-0.4, -0.2) is 60.3 Å². The lowest BCUT2D eigenvalue weighted by Gasteiger charge is -2.41. The maximum atomic E-state index is 14.2. The van der Waals surface area contributed by atoms with Crippen molar-refractivity contribution in [3.63, 3.8) is 0 Å². The van der Waals surface area contributed by atoms with Gasteiger partial charge in [-0.3, -0.25) is 19.2 Å². The number of hydrogen-bond donors (Lipinski definition) is 4. The number of ether oxygens (including phenoxy) is 1. The number of rotatable bonds is 6. The standard InChI is InChI=1S/C40H49N5O5/c1-27-10-16-33-23-30(27)25-42-37(47)34(17-11-28-7-3-2-4-8-28)43-38(48)35(24-36(46)45-21-5-9-29(26-45)18-22-50-33)44-39(49)40(19-6-20-40)31-12-14-32(41)15-13-31/h2-4,7-8,10,12-16,23,29,34-35H,5-6,9,11,17-22,24-26,41H2,1H3,(H,42,47)(H,43,48)(H,44,49)/t29?,34?,35-/m0/s1. The van der Waals surface area contributed by atoms with E-state index in [0.717, 1.165) is 53.7 Å². The fraction of sp³-hybridized carbons (Fsp3) is 0.450. The van der Waals surface area contributed by atoms with Crippen molar-refractivity contribution in [3.8, 4) is 5.75 Å². The molecule has 50 heavy (non-hydrogen) atoms. The quantitative estimate of drug-likeness (QED) is 0.286. The summed E-state index contributed by atoms with van der Waals surface area (Å²) in [5.74, 6) is -0.371. The molecule has 2 fully saturated rings. The summed E-state index contributed by atoms with van der Waals surface area (Å²) in [5, 5.41) is 8.97. The molecule has 2 heterocycles. The second kappa shape index (κ2) is 15.8. The van der Waals surface area contributed by atoms with Gasteiger partial charge in [-0.1, -0.05) is 55.0 Å². The summed E-state index contributed by atoms with van der Waals surface area (Å²) in [6, 6.07) is 20.9. The highest BCUT2D eigenvalue weighted by Gasteiger charge is 2.47. The highest BCUT2D eigenvalue weighted by Crippen LogP contribution is 2.44. The van der Waals surface area contributed by atoms with Crippen LogP contribution in [0.1, 0.15) is 73.6 Å². The summed E-state index contributed by atoms with van der Waals surface area (Å²) in [4.78, 5) is 57.9. The van der Waals surface area contributed by atoms with Gasteiger partial charge in [0.15, 0.2) is 0 Å². The van der Waals surface area contributed by atoms with E-state index in [4.69, 9.17) is 10.5 Å². The third kappa shape index (κ3) is 8.29. The zero-order valence-electron chi connectivity index (χ0n) is 28.9. The SMILES string of the molecule is Cc1ccc2cc1CNC(=O)C(CCc1ccccc1)NC(=O)[C@@H](NC(=O)C1(c3ccc(N)cc3)CCC1)CC(=O)N1CCCC(CCO2)C1. The number of nitrogens with zero attached hydrogens (tertiary/aromatic N) is 1. The number of amides is 4. The van der Waals surface area contributed by atoms with Crippen molar-refractivity contribution in [2.24, 2.45) is 5.92 Å². The number of carbonyl (C=O) groups excluding carboxylic acids is 4. The first kappa shape index (κ1) is 35.0. The average Bonchev–Trinajstić information content (AvgIpc) is 3.10. The molecule has 6 rings (SSSR count). The Morgan fingerprint density at radius 2 is 1.76 bits per heavy atom. The van der Waals surface area contributed by atoms with Gasteiger partial charge in [0.1, 0.15) is 17.8 Å². The Bertz CT molecular complexity index is 1670. The van der Waals surface area contributed by atoms with Gasteiger partial charge in [-0.2, -0.15) is 0 Å². The Labute approximate surface area is 294 Å². The lowest BCUT2D eigenvalue weighted by atomic mass is 9.63. The van der Waals surface area contributed by atoms with Gasteiger partial charge in [-0.05, 0) is 104 Å². The van der Waals surface area contributed by atoms with E-state index in [-0.39, 0.29) is 36.6 Å². The van der Waals surface area contributed by atoms with E-state index in [2.05, 4.69) is 16.0 Å². The van der Waals surface area contributed by atoms with Gasteiger partial charge < -0.3 is 31.3 Å². The van der Waals surface area contributed by atoms with Crippen LogP contribution >= 0.6 is 0 Å². The molecule has 264 valence electrons. The molecule has 3 aliphatic rings. The fourth-order valence-electron chi connectivity index (χ4n) is 7.39. The van der Waals surface area contributed by atoms with E-state index in [9.17, 15) is 19.2 Å². The summed E-state index contributed by atoms with van der Waals surface area (Å²) >= 11 is 0. The Morgan fingerprint density at radius 1 is 0.980 bits per heavy atom. The molecular formula is C40H49N5O5. The minimum absolute atomic E-state index is 0.194. The molecule has 5 N–H and O–H groups in total. The number of piperidine rings is 1. The number of fused-ring (bicyclic) bond motifs is 4. The minimum Gasteiger partial charge on any atom is -0.494 e. The summed E-state index contributed by atoms with van der Waals surface area (Å²) in [6.07, 6.45) is 5.45. The second-order valence-electron chi connectivity index (χ2n) is 14.2. The normalized spacial score (nSPS) is 22.9. The molecular weight excluding hydrogens is 630 g/mol. The van der Waals surface area contributed by atoms with E-state index < -0.39 is 23.4 Å². The molecule has 4 bridgehead atoms. The van der Waals surface area contributed by atoms with Crippen molar-refractivity contribution in [1.29, 1.82) is 0 Å². The number of nitrogen functional groups attached to an aromatic ring is 1. The van der Waals surface area contributed by atoms with Crippen LogP contribution in [-0.2, 0) is 37.6 Å². The van der Waals surface area contributed by atoms with Crippen LogP contribution in [0.25, 0.3) is 0 Å². The third-order valence-corrected chi connectivity index (χ3v) is 10.7. The lowest BCUT2D eigenvalue weighted by molar-refractivity contribution is -0.139. The van der Waals surface area contributed by atoms with Gasteiger partial charge in [-0.25, -0.2) is 0 Å². The number of benzene rings is 3. The first-order valence-electron chi connectivity index (χ1n) is 18.0. The maximum absolute atomic E-state index is 14.2. The lowest BCUT2D eigenvalue weighted by Crippen LogP contribution is -2.59. The Morgan fingerprint density at radius 3 is 2.50 bits per heavy atom. The fourth-order valence-corrected chi connectivity index (χ4v) is 7.39. The number of nitrogens with two attached hydrogens (primary N) is 1. The van der Waals surface area contributed by atoms with E-state index >= 15 is 0 Å². The molecule has 2 unspecified atom stereocenters. The van der Waals surface area contributed by atoms with Crippen LogP contribution in [0, 0.1) is 12.8 Å². The van der Waals surface area contributed by atoms with Gasteiger partial charge in [0, 0.05) is 25.3 Å². The second-order valence-corrected chi connectivity index (χ2v) is 14.2. The molecule has 2 aliphatic heterocycles. The van der Waals surface area contributed by atoms with Crippen molar-refractivity contribution in [2.45, 2.75) is 88.8 Å². The van der Waals surface area contributed by atoms with Gasteiger partial charge in [0.2, 0.25) is 23.6 Å². The molecule has 1 aliphatic carbocycles. The maximum Gasteiger partial charge on any atom is 0.243 e. The highest BCUT2D eigenvalue weighted by atomic mass is 16.5. The van der Waals surface area contributed by atoms with E-state index in [1.54, 1.807) is 12.1 Å². The van der Waals surface area contributed by atoms with Crippen LogP contribution in [0.3, 0.4) is 0 Å². The summed E-state index contributed by atoms with van der Waals surface area (Å²) in [5.41, 5.74) is 9.55. The van der Waals surface area contributed by atoms with Crippen LogP contribution in [0.15, 0.2) is 72.8 Å². The molecule has 3 aromatic rings. The number of anilines is 1. The molecule has 0 radical (unpaired) electrons. The van der Waals surface area contributed by atoms with Gasteiger partial charge in [0.25, 0.3) is 0 Å². The molecule has 10 nitrogen and oxygen atoms in total. The Balaban J connectivity index is 1.28. The monoisotopic (exact) mass is 679 g/mol. The zero-order chi connectivity index (χ0) is 35.1. The highest BCUT2D eigenvalue weighted by molar-refractivity contribution is 5.97. The van der Waals surface area contributed by atoms with Crippen LogP contribution in [0.2, 0.25) is 0 Å². The van der Waals surface area contributed by atoms with Crippen LogP contribution in [0.4, 0.5) is 5.69 Å². The number of carbonyl (C=O) groups is 4. The molecule has 3 atom stereocenters. The molecule has 3 aromatic carbocycles. The Kier molecular flexibility index (Phi) is 11.0. The topological polar surface area (TPSA) is 143 Å². The number of hydrogen-bond acceptors (Lipinski definition) is 6. The van der Waals surface area contributed by atoms with Gasteiger partial charge >= 0.3 is 0 Å². The largest absolute Gasteiger partial charge is 0.494 e. The first-order valence-corrected chi connectivity index (χ1v) is 18.0. The minimum atomic E-state index is -1.16. The zero-order valence-corrected chi connectivity index (χ0v) is 28.9. The first-order chi connectivity index (χ1) is 24.2. The average molecular weight is 680 g/mol. The van der Waals surface area contributed by atoms with Crippen molar-refractivity contribution in [2.75, 3.05) is 25.4 Å². The number of nitrogens with one attached hydrogen (secondary N) is 3. The summed E-state index contributed by atoms with van der Waals surface area (Å²) < 4.78 is 6.14. The van der Waals surface area contributed by atoms with Crippen LogP contribution < -0.4 is 26.4 Å². The van der Waals surface area contributed by atoms with Crippen molar-refractivity contribution >= 4 is 29.3 Å². The number of aryl methyl sites for hydroxylation is 2. The van der Waals surface area contributed by atoms with Crippen LogP contribution in [0.5, 0.6) is 5.75 Å². The van der Waals surface area contributed by atoms with E-state index in [1.165, 1.54) is 0 Å². The molecule has 1 saturated carbocycles. The summed E-state index contributed by atoms with van der Waals surface area (Å²) in [6.45, 7) is 3.93. The molecule has 10 heteroatoms. The molecule has 1 saturated heterocycles. The Hall–Kier alpha value is -4.86. The van der Waals surface area contributed by atoms with Crippen molar-refractivity contribution in [3.05, 3.63) is 95.1 Å². The molecule has 0 aromatic heterocycles. The van der Waals surface area contributed by atoms with Gasteiger partial charge in [0.05, 0.1) is 18.4 Å². The van der Waals surface area contributed by atoms with Crippen molar-refractivity contribution < 1.29 is 23.9 Å². The van der Waals surface area contributed by atoms with E-state index in [1.807, 2.05) is 72.5 Å². The predicted molar refractivity (Wildman–Crippen MR) is 192 cm³/mol. The molecule has 4 amide bonds. The predicted octanol–water partition coefficient (Wildman–Crippen LogP) is 4.33. The van der Waals surface area contributed by atoms with Gasteiger partial charge in [-0.15, -0.1) is 0 Å². The third-order valence-electron chi connectivity index (χ3n) is 10.7. The van der Waals surface area contributed by atoms with E-state index in [0.29, 0.717) is 51.1 Å².